The Balaban J connectivity index is 1.63. The number of ketones is 1. The topological polar surface area (TPSA) is 79.3 Å². The lowest BCUT2D eigenvalue weighted by molar-refractivity contribution is -0.132. The van der Waals surface area contributed by atoms with E-state index < -0.39 is 17.7 Å². The molecule has 5 rings (SSSR count). The van der Waals surface area contributed by atoms with Gasteiger partial charge >= 0.3 is 0 Å². The molecule has 2 heterocycles. The molecular weight excluding hydrogens is 480 g/mol. The lowest BCUT2D eigenvalue weighted by atomic mass is 9.94. The summed E-state index contributed by atoms with van der Waals surface area (Å²) < 4.78 is 11.5. The summed E-state index contributed by atoms with van der Waals surface area (Å²) >= 11 is 0. The van der Waals surface area contributed by atoms with Crippen LogP contribution in [0.15, 0.2) is 72.3 Å². The van der Waals surface area contributed by atoms with Crippen LogP contribution in [0, 0.1) is 0 Å². The molecule has 196 valence electrons. The maximum atomic E-state index is 13.5. The molecule has 1 N–H and O–H groups in total. The number of aliphatic hydroxyl groups is 1. The van der Waals surface area contributed by atoms with Gasteiger partial charge in [-0.15, -0.1) is 0 Å². The maximum Gasteiger partial charge on any atom is 0.300 e. The number of anilines is 2. The van der Waals surface area contributed by atoms with Gasteiger partial charge in [0.15, 0.2) is 0 Å². The summed E-state index contributed by atoms with van der Waals surface area (Å²) in [6, 6.07) is 19.3. The Morgan fingerprint density at radius 3 is 2.34 bits per heavy atom. The first-order valence-electron chi connectivity index (χ1n) is 12.8. The molecule has 0 spiro atoms. The third-order valence-electron chi connectivity index (χ3n) is 6.83. The Bertz CT molecular complexity index is 1410. The number of ether oxygens (including phenoxy) is 2. The van der Waals surface area contributed by atoms with Crippen LogP contribution >= 0.6 is 0 Å². The largest absolute Gasteiger partial charge is 0.507 e. The third-order valence-corrected chi connectivity index (χ3v) is 6.83. The van der Waals surface area contributed by atoms with E-state index in [1.807, 2.05) is 70.1 Å². The van der Waals surface area contributed by atoms with E-state index in [9.17, 15) is 14.7 Å². The van der Waals surface area contributed by atoms with Crippen LogP contribution in [0.3, 0.4) is 0 Å². The van der Waals surface area contributed by atoms with E-state index >= 15 is 0 Å². The predicted molar refractivity (Wildman–Crippen MR) is 148 cm³/mol. The molecule has 0 saturated carbocycles. The van der Waals surface area contributed by atoms with Crippen molar-refractivity contribution >= 4 is 28.8 Å². The molecule has 0 bridgehead atoms. The lowest BCUT2D eigenvalue weighted by Gasteiger charge is -2.26. The smallest absolute Gasteiger partial charge is 0.300 e. The molecular formula is C31H32N2O5. The molecule has 7 heteroatoms. The summed E-state index contributed by atoms with van der Waals surface area (Å²) in [6.45, 7) is 5.87. The van der Waals surface area contributed by atoms with Gasteiger partial charge < -0.3 is 19.5 Å². The Kier molecular flexibility index (Phi) is 6.61. The SMILES string of the molecule is CC(C)Oc1ccc(N2C(=O)C(=O)/C(=C(\O)c3ccc4c(c3)CC(C)O4)C2c2ccc(N(C)C)cc2)cc1. The monoisotopic (exact) mass is 512 g/mol. The molecule has 0 radical (unpaired) electrons. The number of rotatable bonds is 6. The number of fused-ring (bicyclic) bond motifs is 1. The van der Waals surface area contributed by atoms with Gasteiger partial charge in [0.25, 0.3) is 11.7 Å². The fourth-order valence-corrected chi connectivity index (χ4v) is 5.05. The Labute approximate surface area is 222 Å². The highest BCUT2D eigenvalue weighted by Gasteiger charge is 2.47. The zero-order chi connectivity index (χ0) is 27.1. The highest BCUT2D eigenvalue weighted by atomic mass is 16.5. The molecule has 1 fully saturated rings. The Morgan fingerprint density at radius 1 is 1.03 bits per heavy atom. The van der Waals surface area contributed by atoms with Crippen molar-refractivity contribution in [2.45, 2.75) is 45.4 Å². The molecule has 2 unspecified atom stereocenters. The van der Waals surface area contributed by atoms with E-state index in [1.165, 1.54) is 4.90 Å². The first-order chi connectivity index (χ1) is 18.1. The standard InChI is InChI=1S/C31H32N2O5/c1-18(2)37-25-13-11-24(12-14-25)33-28(20-6-9-23(10-7-20)32(4)5)27(30(35)31(33)36)29(34)21-8-15-26-22(17-21)16-19(3)38-26/h6-15,17-19,28,34H,16H2,1-5H3/b29-27-. The highest BCUT2D eigenvalue weighted by molar-refractivity contribution is 6.51. The van der Waals surface area contributed by atoms with Crippen LogP contribution in [-0.2, 0) is 16.0 Å². The number of carbonyl (C=O) groups excluding carboxylic acids is 2. The van der Waals surface area contributed by atoms with Crippen molar-refractivity contribution in [1.29, 1.82) is 0 Å². The van der Waals surface area contributed by atoms with Crippen molar-refractivity contribution in [1.82, 2.24) is 0 Å². The zero-order valence-corrected chi connectivity index (χ0v) is 22.3. The van der Waals surface area contributed by atoms with E-state index in [-0.39, 0.29) is 23.5 Å². The highest BCUT2D eigenvalue weighted by Crippen LogP contribution is 2.43. The lowest BCUT2D eigenvalue weighted by Crippen LogP contribution is -2.29. The molecule has 2 aliphatic heterocycles. The molecule has 0 aliphatic carbocycles. The van der Waals surface area contributed by atoms with Crippen molar-refractivity contribution in [3.63, 3.8) is 0 Å². The molecule has 0 aromatic heterocycles. The van der Waals surface area contributed by atoms with E-state index in [1.54, 1.807) is 36.4 Å². The van der Waals surface area contributed by atoms with Crippen LogP contribution in [0.2, 0.25) is 0 Å². The number of benzene rings is 3. The van der Waals surface area contributed by atoms with Crippen LogP contribution in [0.1, 0.15) is 43.5 Å². The van der Waals surface area contributed by atoms with Crippen LogP contribution in [0.5, 0.6) is 11.5 Å². The minimum Gasteiger partial charge on any atom is -0.507 e. The number of hydrogen-bond acceptors (Lipinski definition) is 6. The number of hydrogen-bond donors (Lipinski definition) is 1. The molecule has 3 aromatic carbocycles. The minimum atomic E-state index is -0.800. The second-order valence-corrected chi connectivity index (χ2v) is 10.3. The van der Waals surface area contributed by atoms with Crippen molar-refractivity contribution < 1.29 is 24.2 Å². The van der Waals surface area contributed by atoms with Crippen LogP contribution in [-0.4, -0.2) is 43.1 Å². The summed E-state index contributed by atoms with van der Waals surface area (Å²) in [4.78, 5) is 30.4. The fourth-order valence-electron chi connectivity index (χ4n) is 5.05. The van der Waals surface area contributed by atoms with Crippen LogP contribution in [0.25, 0.3) is 5.76 Å². The summed E-state index contributed by atoms with van der Waals surface area (Å²) in [5, 5.41) is 11.5. The van der Waals surface area contributed by atoms with Gasteiger partial charge in [0.2, 0.25) is 0 Å². The number of Topliss-reactive ketones (excluding diaryl/α,β-unsaturated/α-hetero) is 1. The van der Waals surface area contributed by atoms with Gasteiger partial charge in [-0.25, -0.2) is 0 Å². The van der Waals surface area contributed by atoms with Gasteiger partial charge in [0, 0.05) is 37.5 Å². The summed E-state index contributed by atoms with van der Waals surface area (Å²) in [5.74, 6) is -0.175. The molecule has 2 aliphatic rings. The van der Waals surface area contributed by atoms with Gasteiger partial charge in [0.1, 0.15) is 23.4 Å². The molecule has 7 nitrogen and oxygen atoms in total. The number of carbonyl (C=O) groups is 2. The molecule has 38 heavy (non-hydrogen) atoms. The van der Waals surface area contributed by atoms with E-state index in [4.69, 9.17) is 9.47 Å². The van der Waals surface area contributed by atoms with Crippen LogP contribution in [0.4, 0.5) is 11.4 Å². The Hall–Kier alpha value is -4.26. The van der Waals surface area contributed by atoms with Gasteiger partial charge in [-0.1, -0.05) is 12.1 Å². The normalized spacial score (nSPS) is 20.0. The molecule has 1 saturated heterocycles. The average Bonchev–Trinajstić information content (AvgIpc) is 3.39. The van der Waals surface area contributed by atoms with Gasteiger partial charge in [-0.2, -0.15) is 0 Å². The first-order valence-corrected chi connectivity index (χ1v) is 12.8. The minimum absolute atomic E-state index is 0.00555. The zero-order valence-electron chi connectivity index (χ0n) is 22.3. The average molecular weight is 513 g/mol. The van der Waals surface area contributed by atoms with Crippen molar-refractivity contribution in [3.8, 4) is 11.5 Å². The number of amides is 1. The van der Waals surface area contributed by atoms with Gasteiger partial charge in [-0.3, -0.25) is 14.5 Å². The Morgan fingerprint density at radius 2 is 1.71 bits per heavy atom. The second kappa shape index (κ2) is 9.89. The van der Waals surface area contributed by atoms with E-state index in [0.717, 1.165) is 22.6 Å². The molecule has 2 atom stereocenters. The quantitative estimate of drug-likeness (QED) is 0.267. The fraction of sp³-hybridized carbons (Fsp3) is 0.290. The van der Waals surface area contributed by atoms with Gasteiger partial charge in [0.05, 0.1) is 17.7 Å². The van der Waals surface area contributed by atoms with Crippen molar-refractivity contribution in [2.24, 2.45) is 0 Å². The van der Waals surface area contributed by atoms with Crippen molar-refractivity contribution in [3.05, 3.63) is 89.0 Å². The van der Waals surface area contributed by atoms with Gasteiger partial charge in [-0.05, 0) is 86.5 Å². The number of nitrogens with zero attached hydrogens (tertiary/aromatic N) is 2. The predicted octanol–water partition coefficient (Wildman–Crippen LogP) is 5.49. The molecule has 1 amide bonds. The summed E-state index contributed by atoms with van der Waals surface area (Å²) in [6.07, 6.45) is 0.766. The van der Waals surface area contributed by atoms with E-state index in [0.29, 0.717) is 23.4 Å². The van der Waals surface area contributed by atoms with Crippen LogP contribution < -0.4 is 19.3 Å². The summed E-state index contributed by atoms with van der Waals surface area (Å²) in [5.41, 5.74) is 3.74. The number of aliphatic hydroxyl groups excluding tert-OH is 1. The van der Waals surface area contributed by atoms with Crippen molar-refractivity contribution in [2.75, 3.05) is 23.9 Å². The second-order valence-electron chi connectivity index (χ2n) is 10.3. The van der Waals surface area contributed by atoms with E-state index in [2.05, 4.69) is 0 Å². The summed E-state index contributed by atoms with van der Waals surface area (Å²) in [7, 11) is 3.89. The molecule has 3 aromatic rings. The third kappa shape index (κ3) is 4.60. The maximum absolute atomic E-state index is 13.5. The first kappa shape index (κ1) is 25.4.